The number of benzene rings is 5. The molecule has 5 rings (SSSR count). The Morgan fingerprint density at radius 3 is 0.947 bits per heavy atom. The summed E-state index contributed by atoms with van der Waals surface area (Å²) in [7, 11) is -3.97. The Morgan fingerprint density at radius 2 is 0.658 bits per heavy atom. The summed E-state index contributed by atoms with van der Waals surface area (Å²) in [6, 6.07) is 42.7. The third-order valence-corrected chi connectivity index (χ3v) is 7.05. The van der Waals surface area contributed by atoms with E-state index in [0.29, 0.717) is 17.2 Å². The van der Waals surface area contributed by atoms with Crippen LogP contribution >= 0.6 is 7.82 Å². The predicted octanol–water partition coefficient (Wildman–Crippen LogP) is 9.61. The zero-order valence-electron chi connectivity index (χ0n) is 21.8. The van der Waals surface area contributed by atoms with Crippen molar-refractivity contribution in [3.8, 4) is 28.4 Å². The number of para-hydroxylation sites is 3. The summed E-state index contributed by atoms with van der Waals surface area (Å²) in [6.07, 6.45) is 0. The Hall–Kier alpha value is -4.27. The molecule has 0 N–H and O–H groups in total. The van der Waals surface area contributed by atoms with E-state index in [0.717, 1.165) is 16.7 Å². The third-order valence-electron chi connectivity index (χ3n) is 5.79. The maximum atomic E-state index is 13.5. The second-order valence-corrected chi connectivity index (χ2v) is 10.2. The number of rotatable bonds is 7. The van der Waals surface area contributed by atoms with Gasteiger partial charge in [-0.05, 0) is 66.8 Å². The highest BCUT2D eigenvalue weighted by Gasteiger charge is 2.34. The first-order chi connectivity index (χ1) is 18.4. The van der Waals surface area contributed by atoms with Crippen LogP contribution in [0.15, 0.2) is 133 Å². The van der Waals surface area contributed by atoms with Gasteiger partial charge in [-0.1, -0.05) is 115 Å². The minimum absolute atomic E-state index is 0.456. The van der Waals surface area contributed by atoms with Crippen LogP contribution in [0.5, 0.6) is 17.2 Å². The molecule has 0 atom stereocenters. The Kier molecular flexibility index (Phi) is 9.02. The number of hydrogen-bond acceptors (Lipinski definition) is 4. The van der Waals surface area contributed by atoms with Gasteiger partial charge in [0.05, 0.1) is 0 Å². The van der Waals surface area contributed by atoms with Crippen molar-refractivity contribution in [2.45, 2.75) is 20.8 Å². The van der Waals surface area contributed by atoms with Gasteiger partial charge in [0.15, 0.2) is 0 Å². The first-order valence-corrected chi connectivity index (χ1v) is 13.9. The lowest BCUT2D eigenvalue weighted by Gasteiger charge is -2.21. The molecule has 0 radical (unpaired) electrons. The summed E-state index contributed by atoms with van der Waals surface area (Å²) in [6.45, 7) is 5.63. The Balaban J connectivity index is 0.000000232. The van der Waals surface area contributed by atoms with Crippen LogP contribution in [0.2, 0.25) is 0 Å². The molecule has 0 aliphatic rings. The van der Waals surface area contributed by atoms with Gasteiger partial charge in [-0.2, -0.15) is 4.57 Å². The monoisotopic (exact) mass is 522 g/mol. The van der Waals surface area contributed by atoms with Crippen LogP contribution in [0.4, 0.5) is 0 Å². The van der Waals surface area contributed by atoms with Crippen molar-refractivity contribution >= 4 is 7.82 Å². The first-order valence-electron chi connectivity index (χ1n) is 12.4. The topological polar surface area (TPSA) is 44.8 Å². The van der Waals surface area contributed by atoms with Crippen molar-refractivity contribution < 1.29 is 18.1 Å². The molecule has 0 aliphatic carbocycles. The summed E-state index contributed by atoms with van der Waals surface area (Å²) in [5.74, 6) is 1.37. The normalized spacial score (nSPS) is 10.6. The second-order valence-electron chi connectivity index (χ2n) is 8.75. The SMILES string of the molecule is Cc1ccccc1OP(=O)(Oc1ccccc1C)Oc1ccccc1C.c1ccc(-c2ccccc2)cc1. The lowest BCUT2D eigenvalue weighted by molar-refractivity contribution is 0.296. The summed E-state index contributed by atoms with van der Waals surface area (Å²) in [5, 5.41) is 0. The van der Waals surface area contributed by atoms with Gasteiger partial charge in [-0.3, -0.25) is 0 Å². The molecule has 0 aromatic heterocycles. The predicted molar refractivity (Wildman–Crippen MR) is 155 cm³/mol. The smallest absolute Gasteiger partial charge is 0.386 e. The first kappa shape index (κ1) is 26.8. The molecule has 0 bridgehead atoms. The molecule has 0 heterocycles. The van der Waals surface area contributed by atoms with E-state index < -0.39 is 7.82 Å². The molecule has 5 aromatic rings. The molecule has 0 amide bonds. The van der Waals surface area contributed by atoms with Crippen LogP contribution in [0.1, 0.15) is 16.7 Å². The molecule has 0 aliphatic heterocycles. The van der Waals surface area contributed by atoms with E-state index in [4.69, 9.17) is 13.6 Å². The van der Waals surface area contributed by atoms with Crippen molar-refractivity contribution in [2.24, 2.45) is 0 Å². The summed E-state index contributed by atoms with van der Waals surface area (Å²) < 4.78 is 30.8. The lowest BCUT2D eigenvalue weighted by Crippen LogP contribution is -2.09. The van der Waals surface area contributed by atoms with E-state index in [1.165, 1.54) is 11.1 Å². The second kappa shape index (κ2) is 12.8. The van der Waals surface area contributed by atoms with E-state index in [1.54, 1.807) is 18.2 Å². The van der Waals surface area contributed by atoms with Gasteiger partial charge in [0, 0.05) is 0 Å². The fourth-order valence-corrected chi connectivity index (χ4v) is 5.10. The molecular formula is C33H31O4P. The van der Waals surface area contributed by atoms with E-state index in [1.807, 2.05) is 87.5 Å². The largest absolute Gasteiger partial charge is 0.647 e. The number of aryl methyl sites for hydroxylation is 3. The highest BCUT2D eigenvalue weighted by Crippen LogP contribution is 2.51. The van der Waals surface area contributed by atoms with Crippen LogP contribution < -0.4 is 13.6 Å². The number of phosphoric ester groups is 1. The molecule has 38 heavy (non-hydrogen) atoms. The maximum absolute atomic E-state index is 13.5. The standard InChI is InChI=1S/C21H21O4P.C12H10/c1-16-10-4-7-13-19(16)23-26(22,24-20-14-8-5-11-17(20)2)25-21-15-9-6-12-18(21)3;1-3-7-11(8-4-1)12-9-5-2-6-10-12/h4-15H,1-3H3;1-10H. The molecule has 0 saturated carbocycles. The van der Waals surface area contributed by atoms with Crippen LogP contribution in [0.25, 0.3) is 11.1 Å². The van der Waals surface area contributed by atoms with Crippen LogP contribution in [0, 0.1) is 20.8 Å². The molecule has 4 nitrogen and oxygen atoms in total. The summed E-state index contributed by atoms with van der Waals surface area (Å²) >= 11 is 0. The maximum Gasteiger partial charge on any atom is 0.647 e. The van der Waals surface area contributed by atoms with Gasteiger partial charge >= 0.3 is 7.82 Å². The molecule has 0 fully saturated rings. The number of phosphoric acid groups is 1. The number of hydrogen-bond donors (Lipinski definition) is 0. The molecular weight excluding hydrogens is 491 g/mol. The minimum Gasteiger partial charge on any atom is -0.386 e. The quantitative estimate of drug-likeness (QED) is 0.200. The van der Waals surface area contributed by atoms with Crippen LogP contribution in [-0.2, 0) is 4.57 Å². The van der Waals surface area contributed by atoms with Crippen LogP contribution in [-0.4, -0.2) is 0 Å². The van der Waals surface area contributed by atoms with Crippen molar-refractivity contribution in [2.75, 3.05) is 0 Å². The zero-order chi connectivity index (χ0) is 26.8. The third kappa shape index (κ3) is 7.38. The highest BCUT2D eigenvalue weighted by molar-refractivity contribution is 7.49. The van der Waals surface area contributed by atoms with Gasteiger partial charge in [0.1, 0.15) is 17.2 Å². The fourth-order valence-electron chi connectivity index (χ4n) is 3.66. The van der Waals surface area contributed by atoms with Crippen molar-refractivity contribution in [1.29, 1.82) is 0 Å². The van der Waals surface area contributed by atoms with Gasteiger partial charge in [-0.15, -0.1) is 0 Å². The summed E-state index contributed by atoms with van der Waals surface area (Å²) in [5.41, 5.74) is 5.08. The van der Waals surface area contributed by atoms with Crippen molar-refractivity contribution in [3.05, 3.63) is 150 Å². The van der Waals surface area contributed by atoms with E-state index in [2.05, 4.69) is 48.5 Å². The van der Waals surface area contributed by atoms with E-state index in [-0.39, 0.29) is 0 Å². The average Bonchev–Trinajstić information content (AvgIpc) is 2.94. The minimum atomic E-state index is -3.97. The fraction of sp³-hybridized carbons (Fsp3) is 0.0909. The van der Waals surface area contributed by atoms with Crippen molar-refractivity contribution in [3.63, 3.8) is 0 Å². The van der Waals surface area contributed by atoms with E-state index in [9.17, 15) is 4.57 Å². The highest BCUT2D eigenvalue weighted by atomic mass is 31.2. The molecule has 0 spiro atoms. The molecule has 0 saturated heterocycles. The van der Waals surface area contributed by atoms with Crippen LogP contribution in [0.3, 0.4) is 0 Å². The van der Waals surface area contributed by atoms with Gasteiger partial charge in [0.25, 0.3) is 0 Å². The Bertz CT molecular complexity index is 1340. The summed E-state index contributed by atoms with van der Waals surface area (Å²) in [4.78, 5) is 0. The van der Waals surface area contributed by atoms with Gasteiger partial charge < -0.3 is 13.6 Å². The Morgan fingerprint density at radius 1 is 0.395 bits per heavy atom. The van der Waals surface area contributed by atoms with E-state index >= 15 is 0 Å². The van der Waals surface area contributed by atoms with Gasteiger partial charge in [0.2, 0.25) is 0 Å². The van der Waals surface area contributed by atoms with Crippen molar-refractivity contribution in [1.82, 2.24) is 0 Å². The molecule has 192 valence electrons. The molecule has 5 heteroatoms. The lowest BCUT2D eigenvalue weighted by atomic mass is 10.1. The molecule has 5 aromatic carbocycles. The molecule has 0 unspecified atom stereocenters. The average molecular weight is 523 g/mol. The Labute approximate surface area is 225 Å². The van der Waals surface area contributed by atoms with Gasteiger partial charge in [-0.25, -0.2) is 0 Å². The zero-order valence-corrected chi connectivity index (χ0v) is 22.7.